The number of aryl methyl sites for hydroxylation is 1. The number of ether oxygens (including phenoxy) is 1. The first-order valence-electron chi connectivity index (χ1n) is 9.33. The fourth-order valence-corrected chi connectivity index (χ4v) is 3.68. The van der Waals surface area contributed by atoms with Crippen molar-refractivity contribution in [3.8, 4) is 11.1 Å². The van der Waals surface area contributed by atoms with E-state index >= 15 is 0 Å². The molecule has 29 heavy (non-hydrogen) atoms. The molecule has 2 N–H and O–H groups in total. The van der Waals surface area contributed by atoms with Gasteiger partial charge < -0.3 is 19.6 Å². The number of carboxylic acids is 1. The summed E-state index contributed by atoms with van der Waals surface area (Å²) in [5.74, 6) is -0.629. The van der Waals surface area contributed by atoms with Gasteiger partial charge in [-0.25, -0.2) is 14.6 Å². The number of alkyl carbamates (subject to hydrolysis) is 1. The van der Waals surface area contributed by atoms with Gasteiger partial charge in [-0.3, -0.25) is 0 Å². The van der Waals surface area contributed by atoms with Gasteiger partial charge in [0.2, 0.25) is 0 Å². The molecule has 0 saturated carbocycles. The third-order valence-corrected chi connectivity index (χ3v) is 5.00. The van der Waals surface area contributed by atoms with Crippen LogP contribution in [0.3, 0.4) is 0 Å². The molecule has 7 heteroatoms. The molecule has 1 heterocycles. The Morgan fingerprint density at radius 1 is 1.10 bits per heavy atom. The predicted octanol–water partition coefficient (Wildman–Crippen LogP) is 3.76. The van der Waals surface area contributed by atoms with Crippen molar-refractivity contribution in [2.45, 2.75) is 19.3 Å². The number of carbonyl (C=O) groups excluding carboxylic acids is 1. The molecule has 4 rings (SSSR count). The maximum atomic E-state index is 12.1. The number of aromatic nitrogens is 1. The SMILES string of the molecule is Cc1oc(CCNC(=O)OCC2c3ccccc3-c3ccccc32)nc1C(=O)O. The van der Waals surface area contributed by atoms with Crippen LogP contribution in [0.15, 0.2) is 52.9 Å². The molecule has 0 spiro atoms. The Labute approximate surface area is 167 Å². The summed E-state index contributed by atoms with van der Waals surface area (Å²) in [6.07, 6.45) is -0.258. The van der Waals surface area contributed by atoms with Crippen molar-refractivity contribution in [3.05, 3.63) is 77.0 Å². The number of aromatic carboxylic acids is 1. The van der Waals surface area contributed by atoms with Gasteiger partial charge in [-0.15, -0.1) is 0 Å². The minimum Gasteiger partial charge on any atom is -0.476 e. The highest BCUT2D eigenvalue weighted by Gasteiger charge is 2.29. The van der Waals surface area contributed by atoms with Gasteiger partial charge in [-0.1, -0.05) is 48.5 Å². The van der Waals surface area contributed by atoms with Gasteiger partial charge in [0, 0.05) is 18.9 Å². The smallest absolute Gasteiger partial charge is 0.407 e. The van der Waals surface area contributed by atoms with E-state index in [1.54, 1.807) is 6.92 Å². The summed E-state index contributed by atoms with van der Waals surface area (Å²) >= 11 is 0. The van der Waals surface area contributed by atoms with Crippen LogP contribution in [0.4, 0.5) is 4.79 Å². The maximum Gasteiger partial charge on any atom is 0.407 e. The van der Waals surface area contributed by atoms with Gasteiger partial charge in [0.1, 0.15) is 12.4 Å². The number of nitrogens with zero attached hydrogens (tertiary/aromatic N) is 1. The number of carbonyl (C=O) groups is 2. The Morgan fingerprint density at radius 2 is 1.72 bits per heavy atom. The highest BCUT2D eigenvalue weighted by Crippen LogP contribution is 2.44. The normalized spacial score (nSPS) is 12.3. The zero-order valence-electron chi connectivity index (χ0n) is 15.8. The molecule has 0 saturated heterocycles. The largest absolute Gasteiger partial charge is 0.476 e. The first-order chi connectivity index (χ1) is 14.0. The standard InChI is InChI=1S/C22H20N2O5/c1-13-20(21(25)26)24-19(29-13)10-11-23-22(27)28-12-18-16-8-4-2-6-14(16)15-7-3-5-9-17(15)18/h2-9,18H,10-12H2,1H3,(H,23,27)(H,25,26). The third-order valence-electron chi connectivity index (χ3n) is 5.00. The summed E-state index contributed by atoms with van der Waals surface area (Å²) in [6.45, 7) is 2.01. The fourth-order valence-electron chi connectivity index (χ4n) is 3.68. The summed E-state index contributed by atoms with van der Waals surface area (Å²) in [4.78, 5) is 27.0. The molecule has 0 unspecified atom stereocenters. The zero-order chi connectivity index (χ0) is 20.4. The summed E-state index contributed by atoms with van der Waals surface area (Å²) in [5, 5.41) is 11.6. The molecule has 0 radical (unpaired) electrons. The van der Waals surface area contributed by atoms with Crippen molar-refractivity contribution < 1.29 is 23.8 Å². The van der Waals surface area contributed by atoms with E-state index in [2.05, 4.69) is 34.6 Å². The van der Waals surface area contributed by atoms with E-state index in [-0.39, 0.29) is 42.8 Å². The van der Waals surface area contributed by atoms with Crippen molar-refractivity contribution >= 4 is 12.1 Å². The first kappa shape index (κ1) is 18.7. The second-order valence-electron chi connectivity index (χ2n) is 6.82. The van der Waals surface area contributed by atoms with Gasteiger partial charge in [0.05, 0.1) is 0 Å². The third kappa shape index (κ3) is 3.71. The highest BCUT2D eigenvalue weighted by atomic mass is 16.5. The van der Waals surface area contributed by atoms with Gasteiger partial charge in [-0.2, -0.15) is 0 Å². The quantitative estimate of drug-likeness (QED) is 0.662. The Hall–Kier alpha value is -3.61. The van der Waals surface area contributed by atoms with Gasteiger partial charge in [0.15, 0.2) is 11.6 Å². The topological polar surface area (TPSA) is 102 Å². The number of hydrogen-bond acceptors (Lipinski definition) is 5. The van der Waals surface area contributed by atoms with Crippen molar-refractivity contribution in [2.75, 3.05) is 13.2 Å². The fraction of sp³-hybridized carbons (Fsp3) is 0.227. The van der Waals surface area contributed by atoms with Crippen LogP contribution in [0.25, 0.3) is 11.1 Å². The number of benzene rings is 2. The Bertz CT molecular complexity index is 1030. The number of rotatable bonds is 6. The van der Waals surface area contributed by atoms with Gasteiger partial charge in [0.25, 0.3) is 0 Å². The van der Waals surface area contributed by atoms with Crippen LogP contribution in [0.2, 0.25) is 0 Å². The number of nitrogens with one attached hydrogen (secondary N) is 1. The second-order valence-corrected chi connectivity index (χ2v) is 6.82. The number of amides is 1. The van der Waals surface area contributed by atoms with Gasteiger partial charge >= 0.3 is 12.1 Å². The summed E-state index contributed by atoms with van der Waals surface area (Å²) in [5.41, 5.74) is 4.54. The van der Waals surface area contributed by atoms with E-state index in [4.69, 9.17) is 14.3 Å². The molecular formula is C22H20N2O5. The Morgan fingerprint density at radius 3 is 2.31 bits per heavy atom. The van der Waals surface area contributed by atoms with E-state index in [1.165, 1.54) is 11.1 Å². The lowest BCUT2D eigenvalue weighted by molar-refractivity contribution is 0.0689. The average molecular weight is 392 g/mol. The monoisotopic (exact) mass is 392 g/mol. The lowest BCUT2D eigenvalue weighted by atomic mass is 9.98. The highest BCUT2D eigenvalue weighted by molar-refractivity contribution is 5.86. The van der Waals surface area contributed by atoms with Crippen LogP contribution in [0, 0.1) is 6.92 Å². The minimum atomic E-state index is -1.14. The molecule has 3 aromatic rings. The summed E-state index contributed by atoms with van der Waals surface area (Å²) in [6, 6.07) is 16.3. The van der Waals surface area contributed by atoms with Crippen LogP contribution in [-0.4, -0.2) is 35.3 Å². The molecule has 0 aliphatic heterocycles. The average Bonchev–Trinajstić information content (AvgIpc) is 3.24. The Balaban J connectivity index is 1.33. The van der Waals surface area contributed by atoms with E-state index in [0.29, 0.717) is 0 Å². The molecule has 2 aromatic carbocycles. The van der Waals surface area contributed by atoms with Crippen LogP contribution < -0.4 is 5.32 Å². The number of hydrogen-bond donors (Lipinski definition) is 2. The molecule has 7 nitrogen and oxygen atoms in total. The molecule has 0 fully saturated rings. The van der Waals surface area contributed by atoms with E-state index in [0.717, 1.165) is 11.1 Å². The van der Waals surface area contributed by atoms with E-state index in [9.17, 15) is 9.59 Å². The second kappa shape index (κ2) is 7.79. The molecule has 1 aliphatic rings. The number of fused-ring (bicyclic) bond motifs is 3. The zero-order valence-corrected chi connectivity index (χ0v) is 15.8. The molecule has 1 aliphatic carbocycles. The van der Waals surface area contributed by atoms with Crippen molar-refractivity contribution in [1.82, 2.24) is 10.3 Å². The van der Waals surface area contributed by atoms with Gasteiger partial charge in [-0.05, 0) is 29.2 Å². The molecule has 1 aromatic heterocycles. The summed E-state index contributed by atoms with van der Waals surface area (Å²) in [7, 11) is 0. The molecular weight excluding hydrogens is 372 g/mol. The number of oxazole rings is 1. The molecule has 1 amide bonds. The number of carboxylic acid groups (broad SMARTS) is 1. The predicted molar refractivity (Wildman–Crippen MR) is 105 cm³/mol. The lowest BCUT2D eigenvalue weighted by Crippen LogP contribution is -2.28. The summed E-state index contributed by atoms with van der Waals surface area (Å²) < 4.78 is 10.7. The maximum absolute atomic E-state index is 12.1. The van der Waals surface area contributed by atoms with Crippen molar-refractivity contribution in [1.29, 1.82) is 0 Å². The van der Waals surface area contributed by atoms with Crippen molar-refractivity contribution in [3.63, 3.8) is 0 Å². The lowest BCUT2D eigenvalue weighted by Gasteiger charge is -2.14. The molecule has 0 bridgehead atoms. The minimum absolute atomic E-state index is 0.000616. The first-order valence-corrected chi connectivity index (χ1v) is 9.33. The van der Waals surface area contributed by atoms with E-state index < -0.39 is 12.1 Å². The van der Waals surface area contributed by atoms with Crippen LogP contribution >= 0.6 is 0 Å². The van der Waals surface area contributed by atoms with Crippen LogP contribution in [0.1, 0.15) is 39.2 Å². The molecule has 0 atom stereocenters. The van der Waals surface area contributed by atoms with Crippen LogP contribution in [0.5, 0.6) is 0 Å². The van der Waals surface area contributed by atoms with Crippen molar-refractivity contribution in [2.24, 2.45) is 0 Å². The van der Waals surface area contributed by atoms with E-state index in [1.807, 2.05) is 24.3 Å². The molecule has 148 valence electrons. The van der Waals surface area contributed by atoms with Crippen LogP contribution in [-0.2, 0) is 11.2 Å². The Kier molecular flexibility index (Phi) is 5.03.